The van der Waals surface area contributed by atoms with Gasteiger partial charge >= 0.3 is 0 Å². The Morgan fingerprint density at radius 1 is 1.03 bits per heavy atom. The van der Waals surface area contributed by atoms with E-state index in [0.29, 0.717) is 23.0 Å². The Morgan fingerprint density at radius 2 is 1.78 bits per heavy atom. The molecule has 0 radical (unpaired) electrons. The van der Waals surface area contributed by atoms with Crippen LogP contribution in [0.3, 0.4) is 0 Å². The van der Waals surface area contributed by atoms with Gasteiger partial charge in [-0.05, 0) is 49.4 Å². The number of nitrogens with one attached hydrogen (secondary N) is 1. The zero-order valence-electron chi connectivity index (χ0n) is 18.9. The van der Waals surface area contributed by atoms with Crippen molar-refractivity contribution in [3.05, 3.63) is 69.2 Å². The Balaban J connectivity index is 1.82. The first-order valence-electron chi connectivity index (χ1n) is 11.5. The van der Waals surface area contributed by atoms with E-state index in [1.54, 1.807) is 23.1 Å². The molecule has 2 amide bonds. The minimum absolute atomic E-state index is 0.0606. The normalized spacial score (nSPS) is 15.2. The Hall–Kier alpha value is -2.04. The number of halogens is 2. The van der Waals surface area contributed by atoms with Crippen molar-refractivity contribution in [3.63, 3.8) is 0 Å². The van der Waals surface area contributed by atoms with Gasteiger partial charge in [0.15, 0.2) is 0 Å². The molecule has 0 saturated heterocycles. The first-order chi connectivity index (χ1) is 15.4. The molecular weight excluding hydrogens is 443 g/mol. The first-order valence-corrected chi connectivity index (χ1v) is 12.2. The lowest BCUT2D eigenvalue weighted by atomic mass is 9.95. The van der Waals surface area contributed by atoms with Crippen molar-refractivity contribution in [2.45, 2.75) is 77.4 Å². The molecule has 3 rings (SSSR count). The molecule has 0 spiro atoms. The molecule has 0 heterocycles. The Morgan fingerprint density at radius 3 is 2.44 bits per heavy atom. The summed E-state index contributed by atoms with van der Waals surface area (Å²) in [6.07, 6.45) is 6.25. The van der Waals surface area contributed by atoms with Gasteiger partial charge in [0.1, 0.15) is 6.04 Å². The molecule has 1 atom stereocenters. The van der Waals surface area contributed by atoms with Crippen molar-refractivity contribution in [3.8, 4) is 0 Å². The Kier molecular flexibility index (Phi) is 9.01. The number of benzene rings is 2. The van der Waals surface area contributed by atoms with Gasteiger partial charge in [0.2, 0.25) is 11.8 Å². The standard InChI is InChI=1S/C26H32Cl2N2O2/c1-3-24(26(32)29-21-10-5-4-6-11-21)30(17-20-9-7-8-18(2)14-20)25(31)16-19-12-13-22(27)23(28)15-19/h7-9,12-15,21,24H,3-6,10-11,16-17H2,1-2H3,(H,29,32). The van der Waals surface area contributed by atoms with Crippen LogP contribution in [0.4, 0.5) is 0 Å². The average Bonchev–Trinajstić information content (AvgIpc) is 2.77. The van der Waals surface area contributed by atoms with Crippen LogP contribution in [-0.2, 0) is 22.6 Å². The number of rotatable bonds is 8. The third kappa shape index (κ3) is 6.73. The number of hydrogen-bond donors (Lipinski definition) is 1. The van der Waals surface area contributed by atoms with E-state index in [4.69, 9.17) is 23.2 Å². The average molecular weight is 475 g/mol. The minimum Gasteiger partial charge on any atom is -0.352 e. The van der Waals surface area contributed by atoms with Crippen molar-refractivity contribution in [1.29, 1.82) is 0 Å². The highest BCUT2D eigenvalue weighted by Crippen LogP contribution is 2.24. The molecule has 1 fully saturated rings. The molecule has 172 valence electrons. The molecule has 2 aromatic carbocycles. The van der Waals surface area contributed by atoms with E-state index >= 15 is 0 Å². The lowest BCUT2D eigenvalue weighted by Crippen LogP contribution is -2.51. The fraction of sp³-hybridized carbons (Fsp3) is 0.462. The Bertz CT molecular complexity index is 941. The molecule has 32 heavy (non-hydrogen) atoms. The highest BCUT2D eigenvalue weighted by atomic mass is 35.5. The molecule has 1 N–H and O–H groups in total. The molecule has 0 bridgehead atoms. The molecule has 1 saturated carbocycles. The highest BCUT2D eigenvalue weighted by molar-refractivity contribution is 6.42. The summed E-state index contributed by atoms with van der Waals surface area (Å²) in [5.41, 5.74) is 2.91. The van der Waals surface area contributed by atoms with E-state index in [1.165, 1.54) is 6.42 Å². The van der Waals surface area contributed by atoms with E-state index < -0.39 is 6.04 Å². The van der Waals surface area contributed by atoms with Crippen molar-refractivity contribution < 1.29 is 9.59 Å². The molecule has 1 unspecified atom stereocenters. The third-order valence-electron chi connectivity index (χ3n) is 6.11. The van der Waals surface area contributed by atoms with Crippen LogP contribution in [0.15, 0.2) is 42.5 Å². The van der Waals surface area contributed by atoms with E-state index in [-0.39, 0.29) is 24.3 Å². The van der Waals surface area contributed by atoms with Crippen molar-refractivity contribution in [2.24, 2.45) is 0 Å². The lowest BCUT2D eigenvalue weighted by molar-refractivity contribution is -0.141. The number of amides is 2. The van der Waals surface area contributed by atoms with Gasteiger partial charge in [-0.2, -0.15) is 0 Å². The maximum absolute atomic E-state index is 13.5. The van der Waals surface area contributed by atoms with Crippen molar-refractivity contribution in [1.82, 2.24) is 10.2 Å². The molecule has 1 aliphatic rings. The summed E-state index contributed by atoms with van der Waals surface area (Å²) in [6.45, 7) is 4.37. The monoisotopic (exact) mass is 474 g/mol. The van der Waals surface area contributed by atoms with Crippen LogP contribution in [0.1, 0.15) is 62.1 Å². The minimum atomic E-state index is -0.521. The van der Waals surface area contributed by atoms with Gasteiger partial charge < -0.3 is 10.2 Å². The summed E-state index contributed by atoms with van der Waals surface area (Å²) in [4.78, 5) is 28.4. The fourth-order valence-electron chi connectivity index (χ4n) is 4.40. The van der Waals surface area contributed by atoms with E-state index in [0.717, 1.165) is 42.4 Å². The third-order valence-corrected chi connectivity index (χ3v) is 6.85. The second-order valence-electron chi connectivity index (χ2n) is 8.70. The summed E-state index contributed by atoms with van der Waals surface area (Å²) in [5.74, 6) is -0.162. The van der Waals surface area contributed by atoms with Gasteiger partial charge in [0, 0.05) is 12.6 Å². The van der Waals surface area contributed by atoms with Crippen LogP contribution in [0.2, 0.25) is 10.0 Å². The van der Waals surface area contributed by atoms with E-state index in [2.05, 4.69) is 11.4 Å². The molecule has 6 heteroatoms. The highest BCUT2D eigenvalue weighted by Gasteiger charge is 2.30. The van der Waals surface area contributed by atoms with E-state index in [1.807, 2.05) is 32.0 Å². The summed E-state index contributed by atoms with van der Waals surface area (Å²) >= 11 is 12.2. The second-order valence-corrected chi connectivity index (χ2v) is 9.52. The van der Waals surface area contributed by atoms with Crippen LogP contribution >= 0.6 is 23.2 Å². The predicted molar refractivity (Wildman–Crippen MR) is 131 cm³/mol. The van der Waals surface area contributed by atoms with Crippen LogP contribution in [-0.4, -0.2) is 28.8 Å². The summed E-state index contributed by atoms with van der Waals surface area (Å²) in [7, 11) is 0. The maximum Gasteiger partial charge on any atom is 0.243 e. The number of nitrogens with zero attached hydrogens (tertiary/aromatic N) is 1. The van der Waals surface area contributed by atoms with Crippen molar-refractivity contribution >= 4 is 35.0 Å². The topological polar surface area (TPSA) is 49.4 Å². The van der Waals surface area contributed by atoms with Gasteiger partial charge in [0.05, 0.1) is 16.5 Å². The van der Waals surface area contributed by atoms with Crippen molar-refractivity contribution in [2.75, 3.05) is 0 Å². The number of aryl methyl sites for hydroxylation is 1. The van der Waals surface area contributed by atoms with Gasteiger partial charge in [-0.15, -0.1) is 0 Å². The van der Waals surface area contributed by atoms with Crippen LogP contribution in [0, 0.1) is 6.92 Å². The van der Waals surface area contributed by atoms with Gasteiger partial charge in [-0.1, -0.05) is 85.3 Å². The van der Waals surface area contributed by atoms with Crippen LogP contribution < -0.4 is 5.32 Å². The van der Waals surface area contributed by atoms with Gasteiger partial charge in [-0.25, -0.2) is 0 Å². The number of hydrogen-bond acceptors (Lipinski definition) is 2. The fourth-order valence-corrected chi connectivity index (χ4v) is 4.72. The molecule has 0 aliphatic heterocycles. The molecule has 1 aliphatic carbocycles. The summed E-state index contributed by atoms with van der Waals surface area (Å²) in [6, 6.07) is 13.0. The lowest BCUT2D eigenvalue weighted by Gasteiger charge is -2.33. The quantitative estimate of drug-likeness (QED) is 0.502. The van der Waals surface area contributed by atoms with Crippen LogP contribution in [0.5, 0.6) is 0 Å². The number of carbonyl (C=O) groups excluding carboxylic acids is 2. The smallest absolute Gasteiger partial charge is 0.243 e. The van der Waals surface area contributed by atoms with Gasteiger partial charge in [-0.3, -0.25) is 9.59 Å². The summed E-state index contributed by atoms with van der Waals surface area (Å²) < 4.78 is 0. The SMILES string of the molecule is CCC(C(=O)NC1CCCCC1)N(Cc1cccc(C)c1)C(=O)Cc1ccc(Cl)c(Cl)c1. The molecule has 2 aromatic rings. The largest absolute Gasteiger partial charge is 0.352 e. The second kappa shape index (κ2) is 11.7. The zero-order valence-corrected chi connectivity index (χ0v) is 20.4. The summed E-state index contributed by atoms with van der Waals surface area (Å²) in [5, 5.41) is 4.09. The Labute approximate surface area is 201 Å². The maximum atomic E-state index is 13.5. The van der Waals surface area contributed by atoms with Crippen LogP contribution in [0.25, 0.3) is 0 Å². The first kappa shape index (κ1) is 24.6. The zero-order chi connectivity index (χ0) is 23.1. The molecule has 4 nitrogen and oxygen atoms in total. The molecule has 0 aromatic heterocycles. The van der Waals surface area contributed by atoms with E-state index in [9.17, 15) is 9.59 Å². The van der Waals surface area contributed by atoms with Gasteiger partial charge in [0.25, 0.3) is 0 Å². The predicted octanol–water partition coefficient (Wildman–Crippen LogP) is 6.10. The molecular formula is C26H32Cl2N2O2. The number of carbonyl (C=O) groups is 2.